The molecular formula is C9H18N2O2. The SMILES string of the molecule is CC(=O)[C@H](C)N(CCC(C)C)N=O. The first-order valence-electron chi connectivity index (χ1n) is 4.59. The largest absolute Gasteiger partial charge is 0.298 e. The number of rotatable bonds is 6. The van der Waals surface area contributed by atoms with Crippen molar-refractivity contribution in [3.05, 3.63) is 4.91 Å². The molecule has 1 atom stereocenters. The highest BCUT2D eigenvalue weighted by Crippen LogP contribution is 2.06. The van der Waals surface area contributed by atoms with Gasteiger partial charge >= 0.3 is 0 Å². The first-order valence-corrected chi connectivity index (χ1v) is 4.59. The second kappa shape index (κ2) is 5.67. The van der Waals surface area contributed by atoms with Crippen molar-refractivity contribution in [2.24, 2.45) is 11.2 Å². The van der Waals surface area contributed by atoms with Crippen LogP contribution in [-0.4, -0.2) is 23.4 Å². The van der Waals surface area contributed by atoms with E-state index in [-0.39, 0.29) is 5.78 Å². The number of nitrogens with zero attached hydrogens (tertiary/aromatic N) is 2. The summed E-state index contributed by atoms with van der Waals surface area (Å²) < 4.78 is 0. The highest BCUT2D eigenvalue weighted by Gasteiger charge is 2.17. The van der Waals surface area contributed by atoms with E-state index in [1.165, 1.54) is 11.9 Å². The third-order valence-corrected chi connectivity index (χ3v) is 2.08. The summed E-state index contributed by atoms with van der Waals surface area (Å²) in [6.45, 7) is 7.87. The van der Waals surface area contributed by atoms with Crippen molar-refractivity contribution in [1.29, 1.82) is 0 Å². The molecule has 4 heteroatoms. The highest BCUT2D eigenvalue weighted by atomic mass is 16.3. The van der Waals surface area contributed by atoms with Crippen LogP contribution < -0.4 is 0 Å². The Morgan fingerprint density at radius 3 is 2.23 bits per heavy atom. The van der Waals surface area contributed by atoms with E-state index in [0.717, 1.165) is 6.42 Å². The van der Waals surface area contributed by atoms with Crippen LogP contribution in [0.2, 0.25) is 0 Å². The Balaban J connectivity index is 4.02. The molecule has 0 aliphatic rings. The van der Waals surface area contributed by atoms with E-state index in [4.69, 9.17) is 0 Å². The Morgan fingerprint density at radius 1 is 1.38 bits per heavy atom. The molecule has 0 aliphatic heterocycles. The van der Waals surface area contributed by atoms with Gasteiger partial charge in [-0.15, -0.1) is 4.91 Å². The van der Waals surface area contributed by atoms with E-state index in [0.29, 0.717) is 12.5 Å². The minimum absolute atomic E-state index is 0.0247. The summed E-state index contributed by atoms with van der Waals surface area (Å²) in [6.07, 6.45) is 0.878. The predicted molar refractivity (Wildman–Crippen MR) is 52.1 cm³/mol. The Morgan fingerprint density at radius 2 is 1.92 bits per heavy atom. The van der Waals surface area contributed by atoms with E-state index < -0.39 is 6.04 Å². The molecule has 13 heavy (non-hydrogen) atoms. The third kappa shape index (κ3) is 4.60. The van der Waals surface area contributed by atoms with Gasteiger partial charge in [0.05, 0.1) is 5.29 Å². The van der Waals surface area contributed by atoms with E-state index in [2.05, 4.69) is 19.1 Å². The van der Waals surface area contributed by atoms with Gasteiger partial charge in [0.15, 0.2) is 5.78 Å². The van der Waals surface area contributed by atoms with Crippen molar-refractivity contribution < 1.29 is 4.79 Å². The molecule has 0 heterocycles. The average molecular weight is 186 g/mol. The summed E-state index contributed by atoms with van der Waals surface area (Å²) >= 11 is 0. The second-order valence-electron chi connectivity index (χ2n) is 3.71. The Kier molecular flexibility index (Phi) is 5.26. The lowest BCUT2D eigenvalue weighted by molar-refractivity contribution is -0.121. The second-order valence-corrected chi connectivity index (χ2v) is 3.71. The zero-order chi connectivity index (χ0) is 10.4. The maximum Gasteiger partial charge on any atom is 0.153 e. The van der Waals surface area contributed by atoms with Crippen molar-refractivity contribution in [2.75, 3.05) is 6.54 Å². The molecule has 0 N–H and O–H groups in total. The lowest BCUT2D eigenvalue weighted by Gasteiger charge is -2.21. The molecule has 76 valence electrons. The molecule has 0 saturated carbocycles. The molecule has 0 rings (SSSR count). The van der Waals surface area contributed by atoms with Gasteiger partial charge in [-0.25, -0.2) is 0 Å². The number of ketones is 1. The van der Waals surface area contributed by atoms with Gasteiger partial charge in [0.2, 0.25) is 0 Å². The highest BCUT2D eigenvalue weighted by molar-refractivity contribution is 5.80. The van der Waals surface area contributed by atoms with Crippen LogP contribution in [0.15, 0.2) is 5.29 Å². The molecule has 0 amide bonds. The summed E-state index contributed by atoms with van der Waals surface area (Å²) in [6, 6.07) is -0.392. The van der Waals surface area contributed by atoms with Crippen molar-refractivity contribution >= 4 is 5.78 Å². The molecule has 0 aromatic carbocycles. The Hall–Kier alpha value is -0.930. The molecule has 0 aliphatic carbocycles. The van der Waals surface area contributed by atoms with Gasteiger partial charge in [0.25, 0.3) is 0 Å². The standard InChI is InChI=1S/C9H18N2O2/c1-7(2)5-6-11(10-13)8(3)9(4)12/h7-8H,5-6H2,1-4H3/t8-/m0/s1. The fraction of sp³-hybridized carbons (Fsp3) is 0.889. The molecular weight excluding hydrogens is 168 g/mol. The number of nitroso groups, excluding NO2 is 1. The van der Waals surface area contributed by atoms with Crippen molar-refractivity contribution in [3.8, 4) is 0 Å². The van der Waals surface area contributed by atoms with Crippen LogP contribution >= 0.6 is 0 Å². The summed E-state index contributed by atoms with van der Waals surface area (Å²) in [7, 11) is 0. The maximum absolute atomic E-state index is 10.9. The summed E-state index contributed by atoms with van der Waals surface area (Å²) in [5, 5.41) is 4.15. The van der Waals surface area contributed by atoms with E-state index in [1.54, 1.807) is 6.92 Å². The number of hydrogen-bond acceptors (Lipinski definition) is 3. The molecule has 0 radical (unpaired) electrons. The molecule has 0 unspecified atom stereocenters. The molecule has 0 fully saturated rings. The maximum atomic E-state index is 10.9. The Bertz CT molecular complexity index is 180. The van der Waals surface area contributed by atoms with Crippen LogP contribution in [0, 0.1) is 10.8 Å². The molecule has 0 aromatic rings. The van der Waals surface area contributed by atoms with Crippen LogP contribution in [0.25, 0.3) is 0 Å². The molecule has 0 aromatic heterocycles. The number of carbonyl (C=O) groups is 1. The van der Waals surface area contributed by atoms with Gasteiger partial charge in [-0.1, -0.05) is 13.8 Å². The van der Waals surface area contributed by atoms with Gasteiger partial charge in [0.1, 0.15) is 6.04 Å². The monoisotopic (exact) mass is 186 g/mol. The van der Waals surface area contributed by atoms with Crippen LogP contribution in [0.4, 0.5) is 0 Å². The molecule has 4 nitrogen and oxygen atoms in total. The predicted octanol–water partition coefficient (Wildman–Crippen LogP) is 1.99. The zero-order valence-corrected chi connectivity index (χ0v) is 8.78. The molecule has 0 saturated heterocycles. The lowest BCUT2D eigenvalue weighted by Crippen LogP contribution is -2.34. The minimum Gasteiger partial charge on any atom is -0.298 e. The normalized spacial score (nSPS) is 12.7. The van der Waals surface area contributed by atoms with Crippen molar-refractivity contribution in [1.82, 2.24) is 5.01 Å². The average Bonchev–Trinajstić information content (AvgIpc) is 2.04. The molecule has 0 spiro atoms. The van der Waals surface area contributed by atoms with Crippen LogP contribution in [0.5, 0.6) is 0 Å². The number of hydrogen-bond donors (Lipinski definition) is 0. The van der Waals surface area contributed by atoms with E-state index >= 15 is 0 Å². The zero-order valence-electron chi connectivity index (χ0n) is 8.78. The topological polar surface area (TPSA) is 49.7 Å². The summed E-state index contributed by atoms with van der Waals surface area (Å²) in [5.74, 6) is 0.492. The van der Waals surface area contributed by atoms with Crippen LogP contribution in [0.1, 0.15) is 34.1 Å². The van der Waals surface area contributed by atoms with Crippen LogP contribution in [0.3, 0.4) is 0 Å². The first-order chi connectivity index (χ1) is 5.99. The third-order valence-electron chi connectivity index (χ3n) is 2.08. The van der Waals surface area contributed by atoms with Gasteiger partial charge in [-0.2, -0.15) is 0 Å². The smallest absolute Gasteiger partial charge is 0.153 e. The van der Waals surface area contributed by atoms with Gasteiger partial charge < -0.3 is 0 Å². The van der Waals surface area contributed by atoms with Gasteiger partial charge in [-0.05, 0) is 26.2 Å². The number of carbonyl (C=O) groups excluding carboxylic acids is 1. The minimum atomic E-state index is -0.392. The van der Waals surface area contributed by atoms with Crippen molar-refractivity contribution in [2.45, 2.75) is 40.2 Å². The number of Topliss-reactive ketones (excluding diaryl/α,β-unsaturated/α-hetero) is 1. The quantitative estimate of drug-likeness (QED) is 0.471. The molecule has 0 bridgehead atoms. The first kappa shape index (κ1) is 12.1. The fourth-order valence-electron chi connectivity index (χ4n) is 0.906. The van der Waals surface area contributed by atoms with Gasteiger partial charge in [0, 0.05) is 6.54 Å². The van der Waals surface area contributed by atoms with E-state index in [9.17, 15) is 9.70 Å². The summed E-state index contributed by atoms with van der Waals surface area (Å²) in [5.41, 5.74) is 0. The van der Waals surface area contributed by atoms with Crippen LogP contribution in [-0.2, 0) is 4.79 Å². The summed E-state index contributed by atoms with van der Waals surface area (Å²) in [4.78, 5) is 21.3. The van der Waals surface area contributed by atoms with Gasteiger partial charge in [-0.3, -0.25) is 9.80 Å². The fourth-order valence-corrected chi connectivity index (χ4v) is 0.906. The Labute approximate surface area is 79.2 Å². The van der Waals surface area contributed by atoms with Crippen molar-refractivity contribution in [3.63, 3.8) is 0 Å². The lowest BCUT2D eigenvalue weighted by atomic mass is 10.1. The van der Waals surface area contributed by atoms with E-state index in [1.807, 2.05) is 0 Å².